The molecule has 3 N–H and O–H groups in total. The van der Waals surface area contributed by atoms with E-state index in [2.05, 4.69) is 17.1 Å². The number of anilines is 2. The van der Waals surface area contributed by atoms with E-state index in [0.717, 1.165) is 38.4 Å². The molecule has 1 fully saturated rings. The standard InChI is InChI=1S/C15H23N3O2/c1-12-11-20-9-8-18(12)7-3-6-15(19)17-14-5-2-4-13(16)10-14/h2,4-5,10,12H,3,6-9,11,16H2,1H3,(H,17,19). The van der Waals surface area contributed by atoms with E-state index in [1.54, 1.807) is 12.1 Å². The lowest BCUT2D eigenvalue weighted by molar-refractivity contribution is -0.116. The molecule has 5 nitrogen and oxygen atoms in total. The number of nitrogens with one attached hydrogen (secondary N) is 1. The molecule has 0 aromatic heterocycles. The molecule has 1 saturated heterocycles. The van der Waals surface area contributed by atoms with Crippen molar-refractivity contribution < 1.29 is 9.53 Å². The normalized spacial score (nSPS) is 19.8. The second-order valence-corrected chi connectivity index (χ2v) is 5.24. The predicted molar refractivity (Wildman–Crippen MR) is 80.6 cm³/mol. The first-order chi connectivity index (χ1) is 9.65. The molecule has 1 unspecified atom stereocenters. The number of nitrogens with zero attached hydrogens (tertiary/aromatic N) is 1. The molecule has 1 aliphatic rings. The Kier molecular flexibility index (Phi) is 5.38. The van der Waals surface area contributed by atoms with E-state index in [9.17, 15) is 4.79 Å². The number of hydrogen-bond acceptors (Lipinski definition) is 4. The molecule has 1 aromatic rings. The highest BCUT2D eigenvalue weighted by molar-refractivity contribution is 5.91. The fourth-order valence-electron chi connectivity index (χ4n) is 2.38. The van der Waals surface area contributed by atoms with Crippen LogP contribution in [0.3, 0.4) is 0 Å². The molecular formula is C15H23N3O2. The van der Waals surface area contributed by atoms with E-state index in [4.69, 9.17) is 10.5 Å². The van der Waals surface area contributed by atoms with Crippen LogP contribution < -0.4 is 11.1 Å². The van der Waals surface area contributed by atoms with Crippen molar-refractivity contribution in [2.24, 2.45) is 0 Å². The zero-order valence-electron chi connectivity index (χ0n) is 12.0. The van der Waals surface area contributed by atoms with Crippen LogP contribution in [0.15, 0.2) is 24.3 Å². The van der Waals surface area contributed by atoms with Gasteiger partial charge >= 0.3 is 0 Å². The Hall–Kier alpha value is -1.59. The molecule has 1 aliphatic heterocycles. The first kappa shape index (κ1) is 14.8. The van der Waals surface area contributed by atoms with Gasteiger partial charge in [0, 0.05) is 30.4 Å². The minimum atomic E-state index is 0.0384. The Balaban J connectivity index is 1.70. The molecule has 0 spiro atoms. The summed E-state index contributed by atoms with van der Waals surface area (Å²) < 4.78 is 5.40. The van der Waals surface area contributed by atoms with Crippen molar-refractivity contribution in [1.29, 1.82) is 0 Å². The fraction of sp³-hybridized carbons (Fsp3) is 0.533. The van der Waals surface area contributed by atoms with Crippen LogP contribution in [-0.2, 0) is 9.53 Å². The molecular weight excluding hydrogens is 254 g/mol. The summed E-state index contributed by atoms with van der Waals surface area (Å²) in [5.74, 6) is 0.0384. The second kappa shape index (κ2) is 7.26. The number of amides is 1. The second-order valence-electron chi connectivity index (χ2n) is 5.24. The lowest BCUT2D eigenvalue weighted by atomic mass is 10.2. The van der Waals surface area contributed by atoms with Gasteiger partial charge in [0.15, 0.2) is 0 Å². The summed E-state index contributed by atoms with van der Waals surface area (Å²) in [6.07, 6.45) is 1.39. The van der Waals surface area contributed by atoms with Gasteiger partial charge in [-0.25, -0.2) is 0 Å². The lowest BCUT2D eigenvalue weighted by Crippen LogP contribution is -2.44. The summed E-state index contributed by atoms with van der Waals surface area (Å²) in [7, 11) is 0. The molecule has 0 bridgehead atoms. The molecule has 5 heteroatoms. The van der Waals surface area contributed by atoms with E-state index < -0.39 is 0 Å². The quantitative estimate of drug-likeness (QED) is 0.804. The molecule has 110 valence electrons. The fourth-order valence-corrected chi connectivity index (χ4v) is 2.38. The van der Waals surface area contributed by atoms with Gasteiger partial charge in [0.05, 0.1) is 13.2 Å². The lowest BCUT2D eigenvalue weighted by Gasteiger charge is -2.33. The zero-order valence-corrected chi connectivity index (χ0v) is 12.0. The third-order valence-electron chi connectivity index (χ3n) is 3.52. The van der Waals surface area contributed by atoms with Crippen molar-refractivity contribution in [2.45, 2.75) is 25.8 Å². The Morgan fingerprint density at radius 3 is 3.15 bits per heavy atom. The minimum absolute atomic E-state index is 0.0384. The number of nitrogens with two attached hydrogens (primary N) is 1. The first-order valence-corrected chi connectivity index (χ1v) is 7.12. The molecule has 0 saturated carbocycles. The highest BCUT2D eigenvalue weighted by Gasteiger charge is 2.18. The van der Waals surface area contributed by atoms with Gasteiger partial charge in [0.2, 0.25) is 5.91 Å². The number of morpholine rings is 1. The molecule has 1 amide bonds. The summed E-state index contributed by atoms with van der Waals surface area (Å²) >= 11 is 0. The van der Waals surface area contributed by atoms with Crippen molar-refractivity contribution >= 4 is 17.3 Å². The van der Waals surface area contributed by atoms with Gasteiger partial charge in [-0.2, -0.15) is 0 Å². The van der Waals surface area contributed by atoms with Crippen molar-refractivity contribution in [1.82, 2.24) is 4.90 Å². The average Bonchev–Trinajstić information content (AvgIpc) is 2.41. The summed E-state index contributed by atoms with van der Waals surface area (Å²) in [6.45, 7) is 5.63. The maximum absolute atomic E-state index is 11.9. The number of hydrogen-bond donors (Lipinski definition) is 2. The van der Waals surface area contributed by atoms with Crippen LogP contribution in [0.25, 0.3) is 0 Å². The van der Waals surface area contributed by atoms with Crippen molar-refractivity contribution in [3.8, 4) is 0 Å². The van der Waals surface area contributed by atoms with Gasteiger partial charge in [-0.1, -0.05) is 6.07 Å². The number of rotatable bonds is 5. The van der Waals surface area contributed by atoms with Crippen molar-refractivity contribution in [3.05, 3.63) is 24.3 Å². The van der Waals surface area contributed by atoms with Crippen LogP contribution in [0.1, 0.15) is 19.8 Å². The molecule has 2 rings (SSSR count). The monoisotopic (exact) mass is 277 g/mol. The van der Waals surface area contributed by atoms with Crippen LogP contribution in [0.5, 0.6) is 0 Å². The third-order valence-corrected chi connectivity index (χ3v) is 3.52. The van der Waals surface area contributed by atoms with Crippen LogP contribution in [0, 0.1) is 0 Å². The van der Waals surface area contributed by atoms with Gasteiger partial charge in [-0.05, 0) is 38.1 Å². The number of carbonyl (C=O) groups excluding carboxylic acids is 1. The SMILES string of the molecule is CC1COCCN1CCCC(=O)Nc1cccc(N)c1. The summed E-state index contributed by atoms with van der Waals surface area (Å²) in [5.41, 5.74) is 7.09. The maximum atomic E-state index is 11.9. The number of carbonyl (C=O) groups is 1. The van der Waals surface area contributed by atoms with E-state index in [-0.39, 0.29) is 5.91 Å². The Morgan fingerprint density at radius 2 is 2.40 bits per heavy atom. The topological polar surface area (TPSA) is 67.6 Å². The maximum Gasteiger partial charge on any atom is 0.224 e. The molecule has 1 aromatic carbocycles. The van der Waals surface area contributed by atoms with Crippen LogP contribution in [0.2, 0.25) is 0 Å². The number of nitrogen functional groups attached to an aromatic ring is 1. The first-order valence-electron chi connectivity index (χ1n) is 7.12. The average molecular weight is 277 g/mol. The van der Waals surface area contributed by atoms with Gasteiger partial charge < -0.3 is 15.8 Å². The predicted octanol–water partition coefficient (Wildman–Crippen LogP) is 1.71. The summed E-state index contributed by atoms with van der Waals surface area (Å²) in [6, 6.07) is 7.69. The largest absolute Gasteiger partial charge is 0.399 e. The molecule has 0 radical (unpaired) electrons. The highest BCUT2D eigenvalue weighted by Crippen LogP contribution is 2.13. The summed E-state index contributed by atoms with van der Waals surface area (Å²) in [5, 5.41) is 2.87. The van der Waals surface area contributed by atoms with E-state index in [0.29, 0.717) is 18.2 Å². The van der Waals surface area contributed by atoms with E-state index in [1.807, 2.05) is 12.1 Å². The Morgan fingerprint density at radius 1 is 1.55 bits per heavy atom. The molecule has 1 atom stereocenters. The molecule has 0 aliphatic carbocycles. The Labute approximate surface area is 120 Å². The summed E-state index contributed by atoms with van der Waals surface area (Å²) in [4.78, 5) is 14.2. The number of ether oxygens (including phenoxy) is 1. The van der Waals surface area contributed by atoms with Gasteiger partial charge in [-0.3, -0.25) is 9.69 Å². The molecule has 20 heavy (non-hydrogen) atoms. The highest BCUT2D eigenvalue weighted by atomic mass is 16.5. The zero-order chi connectivity index (χ0) is 14.4. The minimum Gasteiger partial charge on any atom is -0.399 e. The molecule has 1 heterocycles. The van der Waals surface area contributed by atoms with Gasteiger partial charge in [0.25, 0.3) is 0 Å². The third kappa shape index (κ3) is 4.51. The number of benzene rings is 1. The smallest absolute Gasteiger partial charge is 0.224 e. The van der Waals surface area contributed by atoms with Crippen molar-refractivity contribution in [2.75, 3.05) is 37.4 Å². The van der Waals surface area contributed by atoms with E-state index >= 15 is 0 Å². The Bertz CT molecular complexity index is 450. The van der Waals surface area contributed by atoms with Crippen molar-refractivity contribution in [3.63, 3.8) is 0 Å². The van der Waals surface area contributed by atoms with Crippen LogP contribution in [0.4, 0.5) is 11.4 Å². The van der Waals surface area contributed by atoms with Crippen LogP contribution >= 0.6 is 0 Å². The van der Waals surface area contributed by atoms with Crippen LogP contribution in [-0.4, -0.2) is 43.2 Å². The van der Waals surface area contributed by atoms with Gasteiger partial charge in [0.1, 0.15) is 0 Å². The van der Waals surface area contributed by atoms with Gasteiger partial charge in [-0.15, -0.1) is 0 Å². The van der Waals surface area contributed by atoms with E-state index in [1.165, 1.54) is 0 Å².